The first-order valence-corrected chi connectivity index (χ1v) is 7.71. The monoisotopic (exact) mass is 343 g/mol. The van der Waals surface area contributed by atoms with E-state index in [4.69, 9.17) is 16.3 Å². The highest BCUT2D eigenvalue weighted by Gasteiger charge is 2.44. The van der Waals surface area contributed by atoms with E-state index in [1.54, 1.807) is 0 Å². The van der Waals surface area contributed by atoms with Crippen molar-refractivity contribution in [2.45, 2.75) is 37.9 Å². The van der Waals surface area contributed by atoms with Crippen molar-refractivity contribution < 1.29 is 20.1 Å². The van der Waals surface area contributed by atoms with Crippen molar-refractivity contribution in [3.8, 4) is 0 Å². The van der Waals surface area contributed by atoms with Gasteiger partial charge in [0.25, 0.3) is 0 Å². The lowest BCUT2D eigenvalue weighted by Crippen LogP contribution is -2.33. The van der Waals surface area contributed by atoms with Gasteiger partial charge in [-0.25, -0.2) is 4.98 Å². The highest BCUT2D eigenvalue weighted by Crippen LogP contribution is 2.32. The highest BCUT2D eigenvalue weighted by molar-refractivity contribution is 6.28. The molecular weight excluding hydrogens is 326 g/mol. The van der Waals surface area contributed by atoms with Gasteiger partial charge in [0.05, 0.1) is 12.9 Å². The Morgan fingerprint density at radius 1 is 1.35 bits per heavy atom. The van der Waals surface area contributed by atoms with E-state index in [9.17, 15) is 15.3 Å². The Labute approximate surface area is 136 Å². The Morgan fingerprint density at radius 3 is 2.78 bits per heavy atom. The summed E-state index contributed by atoms with van der Waals surface area (Å²) < 4.78 is 6.97. The normalized spacial score (nSPS) is 27.7. The summed E-state index contributed by atoms with van der Waals surface area (Å²) in [4.78, 5) is 12.5. The second-order valence-corrected chi connectivity index (χ2v) is 5.66. The maximum Gasteiger partial charge on any atom is 0.226 e. The van der Waals surface area contributed by atoms with Gasteiger partial charge in [-0.3, -0.25) is 4.57 Å². The third-order valence-corrected chi connectivity index (χ3v) is 3.90. The van der Waals surface area contributed by atoms with Crippen molar-refractivity contribution in [1.29, 1.82) is 0 Å². The number of nitrogens with one attached hydrogen (secondary N) is 1. The van der Waals surface area contributed by atoms with E-state index >= 15 is 0 Å². The SMILES string of the molecule is CCCNc1nc(Cl)nc2c1ncn2C1O[C@H](CO)C(O)[C@H]1O. The van der Waals surface area contributed by atoms with E-state index in [1.807, 2.05) is 6.92 Å². The number of hydrogen-bond donors (Lipinski definition) is 4. The Hall–Kier alpha value is -1.52. The molecular formula is C13H18ClN5O4. The minimum atomic E-state index is -1.22. The fourth-order valence-corrected chi connectivity index (χ4v) is 2.72. The lowest BCUT2D eigenvalue weighted by molar-refractivity contribution is -0.0511. The largest absolute Gasteiger partial charge is 0.394 e. The van der Waals surface area contributed by atoms with Crippen LogP contribution in [0, 0.1) is 0 Å². The lowest BCUT2D eigenvalue weighted by atomic mass is 10.1. The molecule has 2 unspecified atom stereocenters. The van der Waals surface area contributed by atoms with Crippen LogP contribution >= 0.6 is 11.6 Å². The topological polar surface area (TPSA) is 126 Å². The van der Waals surface area contributed by atoms with E-state index in [0.717, 1.165) is 6.42 Å². The summed E-state index contributed by atoms with van der Waals surface area (Å²) in [6.45, 7) is 2.31. The van der Waals surface area contributed by atoms with Gasteiger partial charge in [-0.2, -0.15) is 9.97 Å². The summed E-state index contributed by atoms with van der Waals surface area (Å²) in [6, 6.07) is 0. The molecule has 9 nitrogen and oxygen atoms in total. The fourth-order valence-electron chi connectivity index (χ4n) is 2.55. The van der Waals surface area contributed by atoms with Crippen LogP contribution in [0.15, 0.2) is 6.33 Å². The summed E-state index contributed by atoms with van der Waals surface area (Å²) in [7, 11) is 0. The molecule has 0 radical (unpaired) electrons. The molecule has 3 rings (SSSR count). The summed E-state index contributed by atoms with van der Waals surface area (Å²) in [5.41, 5.74) is 0.860. The number of imidazole rings is 1. The second-order valence-electron chi connectivity index (χ2n) is 5.32. The van der Waals surface area contributed by atoms with Crippen molar-refractivity contribution in [1.82, 2.24) is 19.5 Å². The summed E-state index contributed by atoms with van der Waals surface area (Å²) >= 11 is 5.96. The molecule has 0 saturated carbocycles. The zero-order chi connectivity index (χ0) is 16.6. The number of aliphatic hydroxyl groups is 3. The van der Waals surface area contributed by atoms with Gasteiger partial charge in [0.2, 0.25) is 5.28 Å². The van der Waals surface area contributed by atoms with Gasteiger partial charge in [-0.05, 0) is 18.0 Å². The molecule has 10 heteroatoms. The molecule has 3 heterocycles. The quantitative estimate of drug-likeness (QED) is 0.555. The number of halogens is 1. The summed E-state index contributed by atoms with van der Waals surface area (Å²) in [6.07, 6.45) is -1.87. The molecule has 2 aromatic heterocycles. The van der Waals surface area contributed by atoms with Crippen LogP contribution in [0.25, 0.3) is 11.2 Å². The van der Waals surface area contributed by atoms with Crippen LogP contribution in [0.5, 0.6) is 0 Å². The number of anilines is 1. The first-order chi connectivity index (χ1) is 11.1. The average molecular weight is 344 g/mol. The zero-order valence-electron chi connectivity index (χ0n) is 12.4. The molecule has 0 aromatic carbocycles. The van der Waals surface area contributed by atoms with Crippen LogP contribution in [0.4, 0.5) is 5.82 Å². The molecule has 23 heavy (non-hydrogen) atoms. The summed E-state index contributed by atoms with van der Waals surface area (Å²) in [5, 5.41) is 32.4. The Kier molecular flexibility index (Phi) is 4.64. The Balaban J connectivity index is 2.01. The fraction of sp³-hybridized carbons (Fsp3) is 0.615. The van der Waals surface area contributed by atoms with Crippen molar-refractivity contribution in [2.75, 3.05) is 18.5 Å². The minimum absolute atomic E-state index is 0.0320. The van der Waals surface area contributed by atoms with Crippen LogP contribution in [-0.4, -0.2) is 66.3 Å². The maximum absolute atomic E-state index is 10.1. The van der Waals surface area contributed by atoms with E-state index < -0.39 is 31.1 Å². The average Bonchev–Trinajstić information content (AvgIpc) is 3.07. The molecule has 1 fully saturated rings. The lowest BCUT2D eigenvalue weighted by Gasteiger charge is -2.16. The zero-order valence-corrected chi connectivity index (χ0v) is 13.2. The molecule has 4 atom stereocenters. The predicted octanol–water partition coefficient (Wildman–Crippen LogP) is -0.0869. The van der Waals surface area contributed by atoms with Gasteiger partial charge in [-0.1, -0.05) is 6.92 Å². The smallest absolute Gasteiger partial charge is 0.226 e. The third kappa shape index (κ3) is 2.86. The number of fused-ring (bicyclic) bond motifs is 1. The number of ether oxygens (including phenoxy) is 1. The van der Waals surface area contributed by atoms with Crippen LogP contribution in [0.1, 0.15) is 19.6 Å². The predicted molar refractivity (Wildman–Crippen MR) is 82.1 cm³/mol. The molecule has 4 N–H and O–H groups in total. The molecule has 1 saturated heterocycles. The minimum Gasteiger partial charge on any atom is -0.394 e. The number of nitrogens with zero attached hydrogens (tertiary/aromatic N) is 4. The van der Waals surface area contributed by atoms with Gasteiger partial charge >= 0.3 is 0 Å². The van der Waals surface area contributed by atoms with Crippen molar-refractivity contribution >= 4 is 28.6 Å². The van der Waals surface area contributed by atoms with Gasteiger partial charge in [-0.15, -0.1) is 0 Å². The van der Waals surface area contributed by atoms with Crippen LogP contribution in [0.2, 0.25) is 5.28 Å². The van der Waals surface area contributed by atoms with Crippen LogP contribution in [-0.2, 0) is 4.74 Å². The maximum atomic E-state index is 10.1. The highest BCUT2D eigenvalue weighted by atomic mass is 35.5. The first kappa shape index (κ1) is 16.3. The molecule has 0 spiro atoms. The van der Waals surface area contributed by atoms with Gasteiger partial charge in [0.15, 0.2) is 23.2 Å². The van der Waals surface area contributed by atoms with Crippen molar-refractivity contribution in [3.63, 3.8) is 0 Å². The summed E-state index contributed by atoms with van der Waals surface area (Å²) in [5.74, 6) is 0.493. The Morgan fingerprint density at radius 2 is 2.13 bits per heavy atom. The Bertz CT molecular complexity index is 696. The number of aromatic nitrogens is 4. The van der Waals surface area contributed by atoms with Crippen molar-refractivity contribution in [2.24, 2.45) is 0 Å². The first-order valence-electron chi connectivity index (χ1n) is 7.33. The van der Waals surface area contributed by atoms with E-state index in [2.05, 4.69) is 20.3 Å². The van der Waals surface area contributed by atoms with Gasteiger partial charge in [0.1, 0.15) is 18.3 Å². The van der Waals surface area contributed by atoms with E-state index in [1.165, 1.54) is 10.9 Å². The third-order valence-electron chi connectivity index (χ3n) is 3.73. The molecule has 1 aliphatic rings. The van der Waals surface area contributed by atoms with E-state index in [-0.39, 0.29) is 5.28 Å². The molecule has 1 aliphatic heterocycles. The molecule has 2 aromatic rings. The molecule has 0 bridgehead atoms. The number of aliphatic hydroxyl groups excluding tert-OH is 3. The molecule has 0 aliphatic carbocycles. The van der Waals surface area contributed by atoms with E-state index in [0.29, 0.717) is 23.5 Å². The molecule has 0 amide bonds. The van der Waals surface area contributed by atoms with Gasteiger partial charge in [0, 0.05) is 6.54 Å². The number of rotatable bonds is 5. The van der Waals surface area contributed by atoms with Crippen molar-refractivity contribution in [3.05, 3.63) is 11.6 Å². The van der Waals surface area contributed by atoms with Gasteiger partial charge < -0.3 is 25.4 Å². The number of hydrogen-bond acceptors (Lipinski definition) is 8. The van der Waals surface area contributed by atoms with Crippen LogP contribution < -0.4 is 5.32 Å². The molecule has 126 valence electrons. The second kappa shape index (κ2) is 6.54. The standard InChI is InChI=1S/C13H18ClN5O4/c1-2-3-15-10-7-11(18-13(14)17-10)19(5-16-7)12-9(22)8(21)6(4-20)23-12/h5-6,8-9,12,20-22H,2-4H2,1H3,(H,15,17,18)/t6-,8?,9-,12?/m1/s1. The van der Waals surface area contributed by atoms with Crippen LogP contribution in [0.3, 0.4) is 0 Å².